The second-order valence-electron chi connectivity index (χ2n) is 5.58. The SMILES string of the molecule is O=C(O)C1CSC(c2ccc(O)cc2)N1C(=O)OCc1ccccc1. The van der Waals surface area contributed by atoms with Crippen LogP contribution in [0.15, 0.2) is 54.6 Å². The summed E-state index contributed by atoms with van der Waals surface area (Å²) >= 11 is 1.36. The maximum Gasteiger partial charge on any atom is 0.412 e. The van der Waals surface area contributed by atoms with Crippen molar-refractivity contribution in [1.29, 1.82) is 0 Å². The number of nitrogens with zero attached hydrogens (tertiary/aromatic N) is 1. The van der Waals surface area contributed by atoms with Gasteiger partial charge in [-0.2, -0.15) is 0 Å². The number of hydrogen-bond acceptors (Lipinski definition) is 5. The highest BCUT2D eigenvalue weighted by molar-refractivity contribution is 7.99. The topological polar surface area (TPSA) is 87.1 Å². The highest BCUT2D eigenvalue weighted by Crippen LogP contribution is 2.42. The van der Waals surface area contributed by atoms with E-state index in [0.717, 1.165) is 11.1 Å². The van der Waals surface area contributed by atoms with Crippen molar-refractivity contribution in [1.82, 2.24) is 4.90 Å². The summed E-state index contributed by atoms with van der Waals surface area (Å²) < 4.78 is 5.33. The Kier molecular flexibility index (Phi) is 5.14. The predicted octanol–water partition coefficient (Wildman–Crippen LogP) is 3.23. The molecule has 2 atom stereocenters. The second kappa shape index (κ2) is 7.48. The summed E-state index contributed by atoms with van der Waals surface area (Å²) in [6.45, 7) is 0.0788. The number of ether oxygens (including phenoxy) is 1. The zero-order chi connectivity index (χ0) is 17.8. The smallest absolute Gasteiger partial charge is 0.412 e. The van der Waals surface area contributed by atoms with E-state index in [1.165, 1.54) is 28.8 Å². The third kappa shape index (κ3) is 3.88. The lowest BCUT2D eigenvalue weighted by molar-refractivity contribution is -0.141. The summed E-state index contributed by atoms with van der Waals surface area (Å²) in [5, 5.41) is 18.4. The zero-order valence-electron chi connectivity index (χ0n) is 13.2. The van der Waals surface area contributed by atoms with Crippen LogP contribution < -0.4 is 0 Å². The lowest BCUT2D eigenvalue weighted by Gasteiger charge is -2.26. The summed E-state index contributed by atoms with van der Waals surface area (Å²) in [5.41, 5.74) is 1.57. The van der Waals surface area contributed by atoms with Crippen molar-refractivity contribution in [3.63, 3.8) is 0 Å². The molecule has 1 amide bonds. The summed E-state index contributed by atoms with van der Waals surface area (Å²) in [4.78, 5) is 25.3. The molecule has 6 nitrogen and oxygen atoms in total. The van der Waals surface area contributed by atoms with Crippen LogP contribution in [0.5, 0.6) is 5.75 Å². The molecule has 2 N–H and O–H groups in total. The van der Waals surface area contributed by atoms with Gasteiger partial charge in [0.2, 0.25) is 0 Å². The number of carbonyl (C=O) groups is 2. The molecule has 1 aliphatic rings. The normalized spacial score (nSPS) is 19.6. The highest BCUT2D eigenvalue weighted by atomic mass is 32.2. The Hall–Kier alpha value is -2.67. The summed E-state index contributed by atoms with van der Waals surface area (Å²) in [5.74, 6) is -0.674. The fraction of sp³-hybridized carbons (Fsp3) is 0.222. The van der Waals surface area contributed by atoms with E-state index in [1.54, 1.807) is 12.1 Å². The first-order valence-electron chi connectivity index (χ1n) is 7.68. The van der Waals surface area contributed by atoms with Gasteiger partial charge in [0.15, 0.2) is 0 Å². The van der Waals surface area contributed by atoms with Gasteiger partial charge in [0.05, 0.1) is 0 Å². The van der Waals surface area contributed by atoms with E-state index >= 15 is 0 Å². The number of rotatable bonds is 4. The molecular weight excluding hydrogens is 342 g/mol. The highest BCUT2D eigenvalue weighted by Gasteiger charge is 2.43. The fourth-order valence-electron chi connectivity index (χ4n) is 2.61. The minimum atomic E-state index is -1.06. The quantitative estimate of drug-likeness (QED) is 0.871. The molecule has 0 saturated carbocycles. The van der Waals surface area contributed by atoms with E-state index < -0.39 is 23.5 Å². The molecule has 7 heteroatoms. The van der Waals surface area contributed by atoms with Crippen LogP contribution in [0, 0.1) is 0 Å². The maximum atomic E-state index is 12.6. The molecule has 2 aromatic rings. The number of thioether (sulfide) groups is 1. The average Bonchev–Trinajstić information content (AvgIpc) is 3.06. The number of aromatic hydroxyl groups is 1. The summed E-state index contributed by atoms with van der Waals surface area (Å²) in [6, 6.07) is 14.6. The Morgan fingerprint density at radius 2 is 1.80 bits per heavy atom. The Balaban J connectivity index is 1.78. The number of carbonyl (C=O) groups excluding carboxylic acids is 1. The first-order chi connectivity index (χ1) is 12.1. The molecule has 1 fully saturated rings. The lowest BCUT2D eigenvalue weighted by Crippen LogP contribution is -2.43. The second-order valence-corrected chi connectivity index (χ2v) is 6.69. The van der Waals surface area contributed by atoms with Gasteiger partial charge < -0.3 is 14.9 Å². The van der Waals surface area contributed by atoms with E-state index in [9.17, 15) is 19.8 Å². The van der Waals surface area contributed by atoms with Crippen molar-refractivity contribution >= 4 is 23.8 Å². The van der Waals surface area contributed by atoms with E-state index in [1.807, 2.05) is 30.3 Å². The van der Waals surface area contributed by atoms with Crippen LogP contribution in [0.3, 0.4) is 0 Å². The lowest BCUT2D eigenvalue weighted by atomic mass is 10.2. The van der Waals surface area contributed by atoms with E-state index in [4.69, 9.17) is 4.74 Å². The van der Waals surface area contributed by atoms with Crippen LogP contribution in [-0.4, -0.2) is 39.0 Å². The number of amides is 1. The molecule has 2 aromatic carbocycles. The van der Waals surface area contributed by atoms with Gasteiger partial charge in [0.25, 0.3) is 0 Å². The largest absolute Gasteiger partial charge is 0.508 e. The van der Waals surface area contributed by atoms with E-state index in [-0.39, 0.29) is 18.1 Å². The number of phenols is 1. The molecule has 0 bridgehead atoms. The monoisotopic (exact) mass is 359 g/mol. The van der Waals surface area contributed by atoms with Crippen molar-refractivity contribution in [3.05, 3.63) is 65.7 Å². The molecule has 130 valence electrons. The fourth-order valence-corrected chi connectivity index (χ4v) is 4.02. The van der Waals surface area contributed by atoms with Gasteiger partial charge in [-0.1, -0.05) is 42.5 Å². The van der Waals surface area contributed by atoms with Crippen LogP contribution in [0.2, 0.25) is 0 Å². The van der Waals surface area contributed by atoms with Crippen molar-refractivity contribution < 1.29 is 24.5 Å². The van der Waals surface area contributed by atoms with Crippen molar-refractivity contribution in [2.75, 3.05) is 5.75 Å². The minimum Gasteiger partial charge on any atom is -0.508 e. The van der Waals surface area contributed by atoms with Crippen LogP contribution in [-0.2, 0) is 16.1 Å². The molecule has 1 saturated heterocycles. The van der Waals surface area contributed by atoms with Gasteiger partial charge in [-0.05, 0) is 23.3 Å². The molecule has 2 unspecified atom stereocenters. The molecule has 0 spiro atoms. The van der Waals surface area contributed by atoms with Crippen LogP contribution in [0.25, 0.3) is 0 Å². The number of aliphatic carboxylic acids is 1. The van der Waals surface area contributed by atoms with Crippen molar-refractivity contribution in [2.24, 2.45) is 0 Å². The maximum absolute atomic E-state index is 12.6. The number of hydrogen-bond donors (Lipinski definition) is 2. The van der Waals surface area contributed by atoms with Crippen molar-refractivity contribution in [2.45, 2.75) is 18.0 Å². The number of carboxylic acids is 1. The van der Waals surface area contributed by atoms with Gasteiger partial charge in [0, 0.05) is 5.75 Å². The van der Waals surface area contributed by atoms with E-state index in [2.05, 4.69) is 0 Å². The Labute approximate surface area is 149 Å². The summed E-state index contributed by atoms with van der Waals surface area (Å²) in [6.07, 6.45) is -0.667. The van der Waals surface area contributed by atoms with Crippen LogP contribution >= 0.6 is 11.8 Å². The average molecular weight is 359 g/mol. The number of phenolic OH excluding ortho intramolecular Hbond substituents is 1. The molecule has 25 heavy (non-hydrogen) atoms. The Morgan fingerprint density at radius 1 is 1.12 bits per heavy atom. The molecule has 1 heterocycles. The Bertz CT molecular complexity index is 750. The Morgan fingerprint density at radius 3 is 2.44 bits per heavy atom. The van der Waals surface area contributed by atoms with E-state index in [0.29, 0.717) is 0 Å². The molecule has 3 rings (SSSR count). The number of carboxylic acid groups (broad SMARTS) is 1. The zero-order valence-corrected chi connectivity index (χ0v) is 14.1. The van der Waals surface area contributed by atoms with Gasteiger partial charge in [0.1, 0.15) is 23.8 Å². The van der Waals surface area contributed by atoms with Gasteiger partial charge in [-0.3, -0.25) is 4.90 Å². The van der Waals surface area contributed by atoms with Gasteiger partial charge in [-0.15, -0.1) is 11.8 Å². The first-order valence-corrected chi connectivity index (χ1v) is 8.73. The third-order valence-corrected chi connectivity index (χ3v) is 5.20. The standard InChI is InChI=1S/C18H17NO5S/c20-14-8-6-13(7-9-14)16-19(15(11-25-16)17(21)22)18(23)24-10-12-4-2-1-3-5-12/h1-9,15-16,20H,10-11H2,(H,21,22). The van der Waals surface area contributed by atoms with Gasteiger partial charge in [-0.25, -0.2) is 9.59 Å². The van der Waals surface area contributed by atoms with Crippen molar-refractivity contribution in [3.8, 4) is 5.75 Å². The minimum absolute atomic E-state index is 0.0788. The van der Waals surface area contributed by atoms with Crippen LogP contribution in [0.4, 0.5) is 4.79 Å². The summed E-state index contributed by atoms with van der Waals surface area (Å²) in [7, 11) is 0. The number of benzene rings is 2. The molecule has 0 radical (unpaired) electrons. The third-order valence-electron chi connectivity index (χ3n) is 3.88. The molecular formula is C18H17NO5S. The molecule has 0 aliphatic carbocycles. The molecule has 1 aliphatic heterocycles. The first kappa shape index (κ1) is 17.2. The van der Waals surface area contributed by atoms with Gasteiger partial charge >= 0.3 is 12.1 Å². The van der Waals surface area contributed by atoms with Crippen LogP contribution in [0.1, 0.15) is 16.5 Å². The molecule has 0 aromatic heterocycles. The predicted molar refractivity (Wildman–Crippen MR) is 93.2 cm³/mol.